The maximum Gasteiger partial charge on any atom is 0.378 e. The van der Waals surface area contributed by atoms with Crippen LogP contribution < -0.4 is 4.74 Å². The largest absolute Gasteiger partial charge is 0.492 e. The van der Waals surface area contributed by atoms with Crippen LogP contribution in [0.4, 0.5) is 0 Å². The second-order valence-electron chi connectivity index (χ2n) is 3.61. The minimum absolute atomic E-state index is 0.0820. The van der Waals surface area contributed by atoms with Crippen LogP contribution >= 0.6 is 0 Å². The molecule has 0 bridgehead atoms. The number of tetrazole rings is 1. The lowest BCUT2D eigenvalue weighted by Crippen LogP contribution is -2.17. The van der Waals surface area contributed by atoms with Gasteiger partial charge in [-0.2, -0.15) is 0 Å². The number of ether oxygens (including phenoxy) is 2. The van der Waals surface area contributed by atoms with Crippen LogP contribution in [0, 0.1) is 0 Å². The van der Waals surface area contributed by atoms with E-state index in [1.54, 1.807) is 6.92 Å². The van der Waals surface area contributed by atoms with Crippen LogP contribution in [-0.4, -0.2) is 39.4 Å². The third-order valence-corrected chi connectivity index (χ3v) is 2.30. The Bertz CT molecular complexity index is 527. The van der Waals surface area contributed by atoms with Crippen LogP contribution in [0.2, 0.25) is 0 Å². The summed E-state index contributed by atoms with van der Waals surface area (Å²) in [6.45, 7) is 2.74. The lowest BCUT2D eigenvalue weighted by atomic mass is 10.3. The van der Waals surface area contributed by atoms with Gasteiger partial charge in [-0.05, 0) is 29.5 Å². The zero-order valence-electron chi connectivity index (χ0n) is 10.5. The zero-order valence-corrected chi connectivity index (χ0v) is 10.5. The summed E-state index contributed by atoms with van der Waals surface area (Å²) >= 11 is 0. The average Bonchev–Trinajstić information content (AvgIpc) is 2.89. The summed E-state index contributed by atoms with van der Waals surface area (Å²) in [6.07, 6.45) is 0. The standard InChI is InChI=1S/C12H14N4O3/c1-2-18-12(17)11-13-14-15-16(11)8-9-19-10-6-4-3-5-7-10/h3-7H,2,8-9H2,1H3. The van der Waals surface area contributed by atoms with Gasteiger partial charge in [0.2, 0.25) is 0 Å². The Balaban J connectivity index is 1.90. The molecule has 0 fully saturated rings. The first-order valence-corrected chi connectivity index (χ1v) is 5.92. The number of esters is 1. The average molecular weight is 262 g/mol. The highest BCUT2D eigenvalue weighted by Crippen LogP contribution is 2.08. The van der Waals surface area contributed by atoms with Gasteiger partial charge < -0.3 is 9.47 Å². The number of para-hydroxylation sites is 1. The molecule has 0 atom stereocenters. The Kier molecular flexibility index (Phi) is 4.44. The maximum absolute atomic E-state index is 11.5. The molecule has 7 heteroatoms. The molecule has 2 rings (SSSR count). The van der Waals surface area contributed by atoms with Gasteiger partial charge in [-0.3, -0.25) is 0 Å². The van der Waals surface area contributed by atoms with Crippen LogP contribution in [0.3, 0.4) is 0 Å². The first-order valence-electron chi connectivity index (χ1n) is 5.92. The maximum atomic E-state index is 11.5. The van der Waals surface area contributed by atoms with Crippen LogP contribution in [0.5, 0.6) is 5.75 Å². The second kappa shape index (κ2) is 6.48. The first-order chi connectivity index (χ1) is 9.31. The number of carbonyl (C=O) groups excluding carboxylic acids is 1. The van der Waals surface area contributed by atoms with Gasteiger partial charge in [0.05, 0.1) is 13.2 Å². The fourth-order valence-corrected chi connectivity index (χ4v) is 1.46. The van der Waals surface area contributed by atoms with E-state index in [-0.39, 0.29) is 12.4 Å². The number of nitrogens with zero attached hydrogens (tertiary/aromatic N) is 4. The van der Waals surface area contributed by atoms with Crippen molar-refractivity contribution in [2.75, 3.05) is 13.2 Å². The Morgan fingerprint density at radius 1 is 1.32 bits per heavy atom. The number of carbonyl (C=O) groups is 1. The van der Waals surface area contributed by atoms with Gasteiger partial charge >= 0.3 is 5.97 Å². The van der Waals surface area contributed by atoms with Gasteiger partial charge in [-0.25, -0.2) is 9.48 Å². The molecule has 1 aromatic carbocycles. The fraction of sp³-hybridized carbons (Fsp3) is 0.333. The molecule has 1 aromatic heterocycles. The minimum Gasteiger partial charge on any atom is -0.492 e. The number of aromatic nitrogens is 4. The van der Waals surface area contributed by atoms with E-state index < -0.39 is 5.97 Å². The van der Waals surface area contributed by atoms with Gasteiger partial charge in [0, 0.05) is 0 Å². The normalized spacial score (nSPS) is 10.2. The van der Waals surface area contributed by atoms with Gasteiger partial charge in [0.1, 0.15) is 12.4 Å². The molecule has 0 unspecified atom stereocenters. The molecule has 0 radical (unpaired) electrons. The first kappa shape index (κ1) is 13.0. The molecule has 100 valence electrons. The van der Waals surface area contributed by atoms with E-state index in [0.29, 0.717) is 13.2 Å². The van der Waals surface area contributed by atoms with Gasteiger partial charge in [0.25, 0.3) is 5.82 Å². The van der Waals surface area contributed by atoms with Crippen molar-refractivity contribution in [3.05, 3.63) is 36.2 Å². The van der Waals surface area contributed by atoms with Crippen LogP contribution in [0.25, 0.3) is 0 Å². The molecule has 0 N–H and O–H groups in total. The highest BCUT2D eigenvalue weighted by atomic mass is 16.5. The van der Waals surface area contributed by atoms with E-state index in [1.807, 2.05) is 30.3 Å². The Labute approximate surface area is 110 Å². The molecule has 0 amide bonds. The molecule has 0 spiro atoms. The highest BCUT2D eigenvalue weighted by molar-refractivity contribution is 5.85. The summed E-state index contributed by atoms with van der Waals surface area (Å²) in [5, 5.41) is 10.8. The van der Waals surface area contributed by atoms with Crippen molar-refractivity contribution in [3.8, 4) is 5.75 Å². The number of hydrogen-bond donors (Lipinski definition) is 0. The molecule has 19 heavy (non-hydrogen) atoms. The quantitative estimate of drug-likeness (QED) is 0.720. The Morgan fingerprint density at radius 2 is 2.11 bits per heavy atom. The molecule has 0 aliphatic rings. The van der Waals surface area contributed by atoms with Crippen molar-refractivity contribution in [1.82, 2.24) is 20.2 Å². The number of benzene rings is 1. The van der Waals surface area contributed by atoms with Gasteiger partial charge in [0.15, 0.2) is 0 Å². The Morgan fingerprint density at radius 3 is 2.84 bits per heavy atom. The smallest absolute Gasteiger partial charge is 0.378 e. The van der Waals surface area contributed by atoms with Crippen LogP contribution in [0.1, 0.15) is 17.5 Å². The summed E-state index contributed by atoms with van der Waals surface area (Å²) < 4.78 is 11.7. The van der Waals surface area contributed by atoms with Gasteiger partial charge in [-0.1, -0.05) is 18.2 Å². The van der Waals surface area contributed by atoms with E-state index in [2.05, 4.69) is 15.5 Å². The third-order valence-electron chi connectivity index (χ3n) is 2.30. The lowest BCUT2D eigenvalue weighted by molar-refractivity contribution is 0.0503. The fourth-order valence-electron chi connectivity index (χ4n) is 1.46. The highest BCUT2D eigenvalue weighted by Gasteiger charge is 2.16. The van der Waals surface area contributed by atoms with Crippen molar-refractivity contribution >= 4 is 5.97 Å². The summed E-state index contributed by atoms with van der Waals surface area (Å²) in [7, 11) is 0. The second-order valence-corrected chi connectivity index (χ2v) is 3.61. The molecule has 0 aliphatic heterocycles. The Hall–Kier alpha value is -2.44. The van der Waals surface area contributed by atoms with E-state index in [4.69, 9.17) is 9.47 Å². The number of rotatable bonds is 6. The lowest BCUT2D eigenvalue weighted by Gasteiger charge is -2.06. The predicted octanol–water partition coefficient (Wildman–Crippen LogP) is 0.929. The summed E-state index contributed by atoms with van der Waals surface area (Å²) in [5.74, 6) is 0.305. The van der Waals surface area contributed by atoms with Crippen LogP contribution in [-0.2, 0) is 11.3 Å². The minimum atomic E-state index is -0.535. The molecular formula is C12H14N4O3. The van der Waals surface area contributed by atoms with E-state index in [1.165, 1.54) is 4.68 Å². The molecular weight excluding hydrogens is 248 g/mol. The number of hydrogen-bond acceptors (Lipinski definition) is 6. The van der Waals surface area contributed by atoms with Crippen molar-refractivity contribution in [1.29, 1.82) is 0 Å². The van der Waals surface area contributed by atoms with Gasteiger partial charge in [-0.15, -0.1) is 5.10 Å². The SMILES string of the molecule is CCOC(=O)c1nnnn1CCOc1ccccc1. The van der Waals surface area contributed by atoms with Crippen molar-refractivity contribution in [2.24, 2.45) is 0 Å². The summed E-state index contributed by atoms with van der Waals surface area (Å²) in [6, 6.07) is 9.39. The molecule has 0 aliphatic carbocycles. The predicted molar refractivity (Wildman–Crippen MR) is 65.7 cm³/mol. The van der Waals surface area contributed by atoms with E-state index >= 15 is 0 Å². The van der Waals surface area contributed by atoms with Crippen LogP contribution in [0.15, 0.2) is 30.3 Å². The molecule has 2 aromatic rings. The third kappa shape index (κ3) is 3.51. The molecule has 0 saturated heterocycles. The van der Waals surface area contributed by atoms with Crippen molar-refractivity contribution < 1.29 is 14.3 Å². The molecule has 1 heterocycles. The van der Waals surface area contributed by atoms with E-state index in [0.717, 1.165) is 5.75 Å². The topological polar surface area (TPSA) is 79.1 Å². The monoisotopic (exact) mass is 262 g/mol. The van der Waals surface area contributed by atoms with Crippen molar-refractivity contribution in [3.63, 3.8) is 0 Å². The summed E-state index contributed by atoms with van der Waals surface area (Å²) in [5.41, 5.74) is 0. The zero-order chi connectivity index (χ0) is 13.5. The van der Waals surface area contributed by atoms with Crippen molar-refractivity contribution in [2.45, 2.75) is 13.5 Å². The summed E-state index contributed by atoms with van der Waals surface area (Å²) in [4.78, 5) is 11.5. The van der Waals surface area contributed by atoms with E-state index in [9.17, 15) is 4.79 Å². The molecule has 7 nitrogen and oxygen atoms in total. The molecule has 0 saturated carbocycles.